The standard InChI is InChI=1S/C24H17FN2OS/c25-20-13-7-8-14-21(20)27-22(19-11-5-2-6-12-19)17-29-24(27)26-23(28)16-15-18-9-3-1-4-10-18/h1-17H/b16-15+,26-24?. The lowest BCUT2D eigenvalue weighted by Gasteiger charge is -2.10. The maximum absolute atomic E-state index is 14.6. The fourth-order valence-corrected chi connectivity index (χ4v) is 3.83. The molecule has 0 aliphatic carbocycles. The number of thiazole rings is 1. The van der Waals surface area contributed by atoms with Gasteiger partial charge in [0, 0.05) is 11.5 Å². The van der Waals surface area contributed by atoms with Crippen molar-refractivity contribution in [3.05, 3.63) is 113 Å². The molecule has 0 spiro atoms. The van der Waals surface area contributed by atoms with Crippen molar-refractivity contribution in [1.29, 1.82) is 0 Å². The van der Waals surface area contributed by atoms with Gasteiger partial charge < -0.3 is 0 Å². The molecule has 1 amide bonds. The maximum atomic E-state index is 14.6. The van der Waals surface area contributed by atoms with Crippen molar-refractivity contribution in [2.45, 2.75) is 0 Å². The van der Waals surface area contributed by atoms with E-state index in [1.807, 2.05) is 66.0 Å². The molecule has 0 unspecified atom stereocenters. The number of para-hydroxylation sites is 1. The molecule has 1 aromatic heterocycles. The summed E-state index contributed by atoms with van der Waals surface area (Å²) < 4.78 is 16.3. The number of amides is 1. The van der Waals surface area contributed by atoms with E-state index in [2.05, 4.69) is 4.99 Å². The van der Waals surface area contributed by atoms with Gasteiger partial charge in [0.05, 0.1) is 11.4 Å². The van der Waals surface area contributed by atoms with Crippen LogP contribution in [0.15, 0.2) is 101 Å². The van der Waals surface area contributed by atoms with Gasteiger partial charge in [-0.2, -0.15) is 4.99 Å². The molecule has 5 heteroatoms. The molecule has 0 radical (unpaired) electrons. The Balaban J connectivity index is 1.81. The van der Waals surface area contributed by atoms with Gasteiger partial charge in [-0.25, -0.2) is 4.39 Å². The summed E-state index contributed by atoms with van der Waals surface area (Å²) in [6.07, 6.45) is 3.13. The quantitative estimate of drug-likeness (QED) is 0.417. The Morgan fingerprint density at radius 2 is 1.55 bits per heavy atom. The molecule has 29 heavy (non-hydrogen) atoms. The zero-order valence-corrected chi connectivity index (χ0v) is 16.2. The summed E-state index contributed by atoms with van der Waals surface area (Å²) >= 11 is 1.30. The highest BCUT2D eigenvalue weighted by Crippen LogP contribution is 2.24. The monoisotopic (exact) mass is 400 g/mol. The summed E-state index contributed by atoms with van der Waals surface area (Å²) in [5, 5.41) is 1.88. The van der Waals surface area contributed by atoms with Crippen LogP contribution in [-0.2, 0) is 4.79 Å². The zero-order valence-electron chi connectivity index (χ0n) is 15.4. The highest BCUT2D eigenvalue weighted by molar-refractivity contribution is 7.07. The van der Waals surface area contributed by atoms with E-state index in [9.17, 15) is 9.18 Å². The highest BCUT2D eigenvalue weighted by atomic mass is 32.1. The minimum atomic E-state index is -0.402. The third kappa shape index (κ3) is 4.31. The SMILES string of the molecule is O=C(/C=C/c1ccccc1)N=c1scc(-c2ccccc2)n1-c1ccccc1F. The summed E-state index contributed by atoms with van der Waals surface area (Å²) in [5.41, 5.74) is 2.96. The predicted molar refractivity (Wildman–Crippen MR) is 115 cm³/mol. The molecule has 1 heterocycles. The molecule has 4 rings (SSSR count). The molecule has 0 aliphatic rings. The van der Waals surface area contributed by atoms with Gasteiger partial charge in [-0.1, -0.05) is 72.8 Å². The summed E-state index contributed by atoms with van der Waals surface area (Å²) in [5.74, 6) is -0.780. The molecule has 0 bridgehead atoms. The first-order chi connectivity index (χ1) is 14.2. The molecule has 142 valence electrons. The Morgan fingerprint density at radius 3 is 2.28 bits per heavy atom. The van der Waals surface area contributed by atoms with Gasteiger partial charge in [0.1, 0.15) is 5.82 Å². The van der Waals surface area contributed by atoms with Gasteiger partial charge in [0.25, 0.3) is 5.91 Å². The number of hydrogen-bond acceptors (Lipinski definition) is 2. The highest BCUT2D eigenvalue weighted by Gasteiger charge is 2.13. The van der Waals surface area contributed by atoms with Crippen LogP contribution >= 0.6 is 11.3 Å². The van der Waals surface area contributed by atoms with Gasteiger partial charge in [0.15, 0.2) is 4.80 Å². The lowest BCUT2D eigenvalue weighted by Crippen LogP contribution is -2.17. The van der Waals surface area contributed by atoms with Crippen molar-refractivity contribution >= 4 is 23.3 Å². The Kier molecular flexibility index (Phi) is 5.59. The average molecular weight is 400 g/mol. The second-order valence-corrected chi connectivity index (χ2v) is 7.09. The van der Waals surface area contributed by atoms with Crippen LogP contribution in [-0.4, -0.2) is 10.5 Å². The largest absolute Gasteiger partial charge is 0.282 e. The first-order valence-electron chi connectivity index (χ1n) is 9.05. The van der Waals surface area contributed by atoms with E-state index in [0.717, 1.165) is 16.8 Å². The number of carbonyl (C=O) groups is 1. The van der Waals surface area contributed by atoms with Gasteiger partial charge in [-0.05, 0) is 29.3 Å². The van der Waals surface area contributed by atoms with E-state index < -0.39 is 5.91 Å². The number of hydrogen-bond donors (Lipinski definition) is 0. The number of rotatable bonds is 4. The van der Waals surface area contributed by atoms with E-state index in [1.54, 1.807) is 28.8 Å². The number of halogens is 1. The molecule has 0 saturated carbocycles. The van der Waals surface area contributed by atoms with Crippen molar-refractivity contribution in [2.24, 2.45) is 4.99 Å². The molecule has 3 aromatic carbocycles. The fourth-order valence-electron chi connectivity index (χ4n) is 2.93. The van der Waals surface area contributed by atoms with Crippen molar-refractivity contribution in [2.75, 3.05) is 0 Å². The Labute approximate surface area is 171 Å². The topological polar surface area (TPSA) is 34.4 Å². The van der Waals surface area contributed by atoms with Crippen LogP contribution in [0.5, 0.6) is 0 Å². The van der Waals surface area contributed by atoms with Crippen molar-refractivity contribution in [3.8, 4) is 16.9 Å². The van der Waals surface area contributed by atoms with E-state index in [-0.39, 0.29) is 5.82 Å². The summed E-state index contributed by atoms with van der Waals surface area (Å²) in [6, 6.07) is 25.7. The first kappa shape index (κ1) is 18.8. The molecular weight excluding hydrogens is 383 g/mol. The van der Waals surface area contributed by atoms with E-state index in [4.69, 9.17) is 0 Å². The van der Waals surface area contributed by atoms with Crippen LogP contribution in [0.3, 0.4) is 0 Å². The molecule has 0 aliphatic heterocycles. The Bertz CT molecular complexity index is 1220. The second-order valence-electron chi connectivity index (χ2n) is 6.25. The van der Waals surface area contributed by atoms with Crippen molar-refractivity contribution in [3.63, 3.8) is 0 Å². The van der Waals surface area contributed by atoms with E-state index in [1.165, 1.54) is 23.5 Å². The third-order valence-electron chi connectivity index (χ3n) is 4.29. The number of aromatic nitrogens is 1. The second kappa shape index (κ2) is 8.63. The van der Waals surface area contributed by atoms with Gasteiger partial charge in [-0.15, -0.1) is 11.3 Å². The molecule has 4 aromatic rings. The van der Waals surface area contributed by atoms with Crippen molar-refractivity contribution in [1.82, 2.24) is 4.57 Å². The van der Waals surface area contributed by atoms with Crippen LogP contribution in [0, 0.1) is 5.82 Å². The average Bonchev–Trinajstić information content (AvgIpc) is 3.17. The fraction of sp³-hybridized carbons (Fsp3) is 0. The lowest BCUT2D eigenvalue weighted by molar-refractivity contribution is -0.113. The van der Waals surface area contributed by atoms with Gasteiger partial charge in [0.2, 0.25) is 0 Å². The smallest absolute Gasteiger partial charge is 0.272 e. The van der Waals surface area contributed by atoms with Crippen LogP contribution in [0.4, 0.5) is 4.39 Å². The van der Waals surface area contributed by atoms with Crippen molar-refractivity contribution < 1.29 is 9.18 Å². The normalized spacial score (nSPS) is 11.8. The van der Waals surface area contributed by atoms with E-state index in [0.29, 0.717) is 10.5 Å². The first-order valence-corrected chi connectivity index (χ1v) is 9.93. The summed E-state index contributed by atoms with van der Waals surface area (Å²) in [6.45, 7) is 0. The minimum absolute atomic E-state index is 0.353. The zero-order chi connectivity index (χ0) is 20.1. The molecule has 0 atom stereocenters. The van der Waals surface area contributed by atoms with Gasteiger partial charge in [-0.3, -0.25) is 9.36 Å². The van der Waals surface area contributed by atoms with Crippen LogP contribution in [0.1, 0.15) is 5.56 Å². The maximum Gasteiger partial charge on any atom is 0.272 e. The Morgan fingerprint density at radius 1 is 0.897 bits per heavy atom. The number of benzene rings is 3. The molecule has 0 N–H and O–H groups in total. The van der Waals surface area contributed by atoms with Crippen LogP contribution in [0.2, 0.25) is 0 Å². The minimum Gasteiger partial charge on any atom is -0.282 e. The summed E-state index contributed by atoms with van der Waals surface area (Å²) in [4.78, 5) is 17.1. The van der Waals surface area contributed by atoms with Crippen LogP contribution in [0.25, 0.3) is 23.0 Å². The number of carbonyl (C=O) groups excluding carboxylic acids is 1. The molecule has 0 saturated heterocycles. The predicted octanol–water partition coefficient (Wildman–Crippen LogP) is 5.49. The molecular formula is C24H17FN2OS. The molecule has 0 fully saturated rings. The summed E-state index contributed by atoms with van der Waals surface area (Å²) in [7, 11) is 0. The lowest BCUT2D eigenvalue weighted by atomic mass is 10.1. The number of nitrogens with zero attached hydrogens (tertiary/aromatic N) is 2. The third-order valence-corrected chi connectivity index (χ3v) is 5.12. The molecule has 3 nitrogen and oxygen atoms in total. The van der Waals surface area contributed by atoms with Crippen LogP contribution < -0.4 is 4.80 Å². The van der Waals surface area contributed by atoms with E-state index >= 15 is 0 Å². The Hall–Kier alpha value is -3.57. The van der Waals surface area contributed by atoms with Gasteiger partial charge >= 0.3 is 0 Å².